The normalized spacial score (nSPS) is 10.4. The van der Waals surface area contributed by atoms with Gasteiger partial charge in [-0.2, -0.15) is 5.26 Å². The summed E-state index contributed by atoms with van der Waals surface area (Å²) in [4.78, 5) is 28.5. The first-order valence-electron chi connectivity index (χ1n) is 8.85. The number of nitrogens with zero attached hydrogens (tertiary/aromatic N) is 1. The van der Waals surface area contributed by atoms with Crippen LogP contribution >= 0.6 is 11.6 Å². The smallest absolute Gasteiger partial charge is 0.256 e. The van der Waals surface area contributed by atoms with Gasteiger partial charge in [0.25, 0.3) is 11.5 Å². The number of benzene rings is 2. The van der Waals surface area contributed by atoms with Crippen molar-refractivity contribution < 1.29 is 9.53 Å². The van der Waals surface area contributed by atoms with Crippen molar-refractivity contribution in [2.75, 3.05) is 20.3 Å². The monoisotopic (exact) mass is 407 g/mol. The summed E-state index contributed by atoms with van der Waals surface area (Å²) in [6.07, 6.45) is 0. The zero-order valence-electron chi connectivity index (χ0n) is 15.7. The lowest BCUT2D eigenvalue weighted by atomic mass is 9.97. The Kier molecular flexibility index (Phi) is 6.45. The summed E-state index contributed by atoms with van der Waals surface area (Å²) in [7, 11) is 1.54. The molecular weight excluding hydrogens is 390 g/mol. The molecule has 3 rings (SSSR count). The molecule has 2 N–H and O–H groups in total. The summed E-state index contributed by atoms with van der Waals surface area (Å²) in [5, 5.41) is 12.5. The van der Waals surface area contributed by atoms with E-state index in [9.17, 15) is 14.9 Å². The number of rotatable bonds is 6. The minimum absolute atomic E-state index is 0.201. The lowest BCUT2D eigenvalue weighted by Crippen LogP contribution is -2.29. The van der Waals surface area contributed by atoms with Gasteiger partial charge >= 0.3 is 0 Å². The molecule has 3 aromatic rings. The van der Waals surface area contributed by atoms with Crippen molar-refractivity contribution in [2.45, 2.75) is 0 Å². The maximum absolute atomic E-state index is 12.9. The van der Waals surface area contributed by atoms with E-state index in [1.165, 1.54) is 13.2 Å². The Balaban J connectivity index is 2.23. The van der Waals surface area contributed by atoms with E-state index in [4.69, 9.17) is 16.3 Å². The van der Waals surface area contributed by atoms with E-state index >= 15 is 0 Å². The summed E-state index contributed by atoms with van der Waals surface area (Å²) in [6, 6.07) is 17.4. The molecule has 0 bridgehead atoms. The average Bonchev–Trinajstić information content (AvgIpc) is 2.74. The van der Waals surface area contributed by atoms with Crippen molar-refractivity contribution in [1.29, 1.82) is 5.26 Å². The van der Waals surface area contributed by atoms with Crippen LogP contribution in [0.15, 0.2) is 59.4 Å². The maximum atomic E-state index is 12.9. The van der Waals surface area contributed by atoms with Crippen LogP contribution in [0.1, 0.15) is 15.9 Å². The number of carbonyl (C=O) groups excluding carboxylic acids is 1. The number of nitrogens with one attached hydrogen (secondary N) is 2. The molecule has 0 radical (unpaired) electrons. The highest BCUT2D eigenvalue weighted by atomic mass is 35.5. The van der Waals surface area contributed by atoms with Crippen LogP contribution in [0.3, 0.4) is 0 Å². The maximum Gasteiger partial charge on any atom is 0.256 e. The number of hydrogen-bond donors (Lipinski definition) is 2. The standard InChI is InChI=1S/C22H18ClN3O3/c1-29-11-10-25-21(27)17-12-16(14-6-3-2-4-7-14)22(28)26-20(17)19-15(13-24)8-5-9-18(19)23/h2-9,12H,10-11H2,1H3,(H,25,27)(H,26,28). The summed E-state index contributed by atoms with van der Waals surface area (Å²) >= 11 is 6.33. The van der Waals surface area contributed by atoms with E-state index in [1.807, 2.05) is 18.2 Å². The highest BCUT2D eigenvalue weighted by Crippen LogP contribution is 2.32. The van der Waals surface area contributed by atoms with Crippen LogP contribution in [-0.4, -0.2) is 31.2 Å². The molecule has 6 nitrogen and oxygen atoms in total. The molecule has 146 valence electrons. The Morgan fingerprint density at radius 1 is 1.21 bits per heavy atom. The first kappa shape index (κ1) is 20.3. The number of aromatic nitrogens is 1. The number of amides is 1. The van der Waals surface area contributed by atoms with Crippen molar-refractivity contribution in [2.24, 2.45) is 0 Å². The van der Waals surface area contributed by atoms with E-state index < -0.39 is 5.91 Å². The lowest BCUT2D eigenvalue weighted by molar-refractivity contribution is 0.0937. The van der Waals surface area contributed by atoms with E-state index in [0.717, 1.165) is 0 Å². The second kappa shape index (κ2) is 9.20. The third-order valence-corrected chi connectivity index (χ3v) is 4.66. The molecule has 0 spiro atoms. The van der Waals surface area contributed by atoms with Gasteiger partial charge in [-0.1, -0.05) is 48.0 Å². The zero-order valence-corrected chi connectivity index (χ0v) is 16.4. The minimum Gasteiger partial charge on any atom is -0.383 e. The van der Waals surface area contributed by atoms with Crippen LogP contribution in [0, 0.1) is 11.3 Å². The molecule has 29 heavy (non-hydrogen) atoms. The highest BCUT2D eigenvalue weighted by molar-refractivity contribution is 6.33. The van der Waals surface area contributed by atoms with Crippen LogP contribution in [0.2, 0.25) is 5.02 Å². The fraction of sp³-hybridized carbons (Fsp3) is 0.136. The van der Waals surface area contributed by atoms with Gasteiger partial charge < -0.3 is 15.0 Å². The largest absolute Gasteiger partial charge is 0.383 e. The van der Waals surface area contributed by atoms with Crippen molar-refractivity contribution in [1.82, 2.24) is 10.3 Å². The van der Waals surface area contributed by atoms with Crippen LogP contribution in [-0.2, 0) is 4.74 Å². The highest BCUT2D eigenvalue weighted by Gasteiger charge is 2.21. The van der Waals surface area contributed by atoms with Crippen molar-refractivity contribution >= 4 is 17.5 Å². The molecule has 7 heteroatoms. The third kappa shape index (κ3) is 4.37. The second-order valence-electron chi connectivity index (χ2n) is 6.19. The SMILES string of the molecule is COCCNC(=O)c1cc(-c2ccccc2)c(=O)[nH]c1-c1c(Cl)cccc1C#N. The number of ether oxygens (including phenoxy) is 1. The molecule has 1 heterocycles. The van der Waals surface area contributed by atoms with Gasteiger partial charge in [0.2, 0.25) is 0 Å². The topological polar surface area (TPSA) is 95.0 Å². The number of aromatic amines is 1. The van der Waals surface area contributed by atoms with Gasteiger partial charge in [-0.15, -0.1) is 0 Å². The number of methoxy groups -OCH3 is 1. The van der Waals surface area contributed by atoms with Crippen LogP contribution < -0.4 is 10.9 Å². The van der Waals surface area contributed by atoms with E-state index in [2.05, 4.69) is 16.4 Å². The minimum atomic E-state index is -0.408. The summed E-state index contributed by atoms with van der Waals surface area (Å²) in [6.45, 7) is 0.633. The number of nitriles is 1. The van der Waals surface area contributed by atoms with E-state index in [1.54, 1.807) is 30.3 Å². The fourth-order valence-corrected chi connectivity index (χ4v) is 3.24. The lowest BCUT2D eigenvalue weighted by Gasteiger charge is -2.14. The quantitative estimate of drug-likeness (QED) is 0.610. The molecule has 0 aliphatic carbocycles. The van der Waals surface area contributed by atoms with Gasteiger partial charge in [-0.05, 0) is 23.8 Å². The molecule has 1 aromatic heterocycles. The molecule has 0 saturated carbocycles. The van der Waals surface area contributed by atoms with Crippen molar-refractivity contribution in [3.63, 3.8) is 0 Å². The Hall–Kier alpha value is -3.40. The average molecular weight is 408 g/mol. The first-order valence-corrected chi connectivity index (χ1v) is 9.23. The Morgan fingerprint density at radius 3 is 2.66 bits per heavy atom. The molecule has 1 amide bonds. The molecular formula is C22H18ClN3O3. The number of H-pyrrole nitrogens is 1. The summed E-state index contributed by atoms with van der Waals surface area (Å²) in [5.41, 5.74) is 1.61. The number of pyridine rings is 1. The summed E-state index contributed by atoms with van der Waals surface area (Å²) in [5.74, 6) is -0.408. The van der Waals surface area contributed by atoms with Crippen LogP contribution in [0.4, 0.5) is 0 Å². The number of halogens is 1. The van der Waals surface area contributed by atoms with E-state index in [0.29, 0.717) is 29.8 Å². The molecule has 0 fully saturated rings. The molecule has 0 unspecified atom stereocenters. The van der Waals surface area contributed by atoms with Crippen molar-refractivity contribution in [3.05, 3.63) is 81.1 Å². The number of carbonyl (C=O) groups is 1. The molecule has 0 aliphatic rings. The number of hydrogen-bond acceptors (Lipinski definition) is 4. The van der Waals surface area contributed by atoms with Gasteiger partial charge in [0.15, 0.2) is 0 Å². The zero-order chi connectivity index (χ0) is 20.8. The van der Waals surface area contributed by atoms with Crippen LogP contribution in [0.25, 0.3) is 22.4 Å². The molecule has 0 saturated heterocycles. The van der Waals surface area contributed by atoms with Gasteiger partial charge in [-0.3, -0.25) is 9.59 Å². The summed E-state index contributed by atoms with van der Waals surface area (Å²) < 4.78 is 4.97. The Morgan fingerprint density at radius 2 is 1.97 bits per heavy atom. The molecule has 2 aromatic carbocycles. The van der Waals surface area contributed by atoms with Crippen LogP contribution in [0.5, 0.6) is 0 Å². The van der Waals surface area contributed by atoms with Crippen molar-refractivity contribution in [3.8, 4) is 28.5 Å². The van der Waals surface area contributed by atoms with E-state index in [-0.39, 0.29) is 27.4 Å². The molecule has 0 aliphatic heterocycles. The first-order chi connectivity index (χ1) is 14.1. The fourth-order valence-electron chi connectivity index (χ4n) is 2.97. The predicted octanol–water partition coefficient (Wildman–Crippen LogP) is 3.61. The Labute approximate surface area is 172 Å². The van der Waals surface area contributed by atoms with Gasteiger partial charge in [-0.25, -0.2) is 0 Å². The second-order valence-corrected chi connectivity index (χ2v) is 6.60. The third-order valence-electron chi connectivity index (χ3n) is 4.35. The van der Waals surface area contributed by atoms with Gasteiger partial charge in [0.1, 0.15) is 0 Å². The van der Waals surface area contributed by atoms with Gasteiger partial charge in [0.05, 0.1) is 34.5 Å². The predicted molar refractivity (Wildman–Crippen MR) is 112 cm³/mol. The Bertz CT molecular complexity index is 1130. The van der Waals surface area contributed by atoms with Gasteiger partial charge in [0, 0.05) is 24.8 Å². The molecule has 0 atom stereocenters.